The van der Waals surface area contributed by atoms with Crippen LogP contribution in [0.15, 0.2) is 17.7 Å². The molecule has 0 radical (unpaired) electrons. The standard InChI is InChI=1S/C19H24O9/c1-9(6-27-19-17(23)16(22)13(21)8-28-19)3-4-10-11-7-26-18(24)15(11)14(25-2)5-12(10)20/h3,5,13,16-17,19-23H,4,6-8H2,1-2H3. The Morgan fingerprint density at radius 3 is 2.79 bits per heavy atom. The fourth-order valence-electron chi connectivity index (χ4n) is 3.19. The van der Waals surface area contributed by atoms with Crippen molar-refractivity contribution >= 4 is 5.97 Å². The smallest absolute Gasteiger partial charge is 0.342 e. The van der Waals surface area contributed by atoms with E-state index in [0.717, 1.165) is 5.57 Å². The van der Waals surface area contributed by atoms with Crippen LogP contribution in [-0.2, 0) is 27.2 Å². The number of hydrogen-bond acceptors (Lipinski definition) is 9. The molecule has 1 saturated heterocycles. The van der Waals surface area contributed by atoms with Crippen LogP contribution in [0.2, 0.25) is 0 Å². The highest BCUT2D eigenvalue weighted by Crippen LogP contribution is 2.38. The van der Waals surface area contributed by atoms with Crippen LogP contribution in [0.1, 0.15) is 28.4 Å². The van der Waals surface area contributed by atoms with E-state index in [1.807, 2.05) is 6.08 Å². The number of aliphatic hydroxyl groups excluding tert-OH is 3. The Bertz CT molecular complexity index is 773. The van der Waals surface area contributed by atoms with Gasteiger partial charge in [-0.2, -0.15) is 0 Å². The predicted octanol–water partition coefficient (Wildman–Crippen LogP) is 0.0156. The third-order valence-corrected chi connectivity index (χ3v) is 4.85. The maximum atomic E-state index is 11.9. The van der Waals surface area contributed by atoms with Crippen molar-refractivity contribution in [3.05, 3.63) is 34.4 Å². The maximum Gasteiger partial charge on any atom is 0.342 e. The van der Waals surface area contributed by atoms with Crippen molar-refractivity contribution in [1.29, 1.82) is 0 Å². The molecule has 28 heavy (non-hydrogen) atoms. The van der Waals surface area contributed by atoms with E-state index in [1.54, 1.807) is 6.92 Å². The minimum absolute atomic E-state index is 0.00187. The number of esters is 1. The van der Waals surface area contributed by atoms with Crippen molar-refractivity contribution in [3.63, 3.8) is 0 Å². The zero-order valence-electron chi connectivity index (χ0n) is 15.6. The second-order valence-corrected chi connectivity index (χ2v) is 6.82. The van der Waals surface area contributed by atoms with Gasteiger partial charge in [-0.05, 0) is 13.3 Å². The average Bonchev–Trinajstić information content (AvgIpc) is 3.06. The molecule has 0 aromatic heterocycles. The number of phenols is 1. The maximum absolute atomic E-state index is 11.9. The lowest BCUT2D eigenvalue weighted by atomic mass is 9.97. The summed E-state index contributed by atoms with van der Waals surface area (Å²) in [7, 11) is 1.42. The zero-order valence-corrected chi connectivity index (χ0v) is 15.6. The summed E-state index contributed by atoms with van der Waals surface area (Å²) in [5, 5.41) is 39.3. The van der Waals surface area contributed by atoms with Crippen LogP contribution in [0.25, 0.3) is 0 Å². The van der Waals surface area contributed by atoms with Crippen LogP contribution in [0.4, 0.5) is 0 Å². The van der Waals surface area contributed by atoms with Crippen molar-refractivity contribution in [1.82, 2.24) is 0 Å². The summed E-state index contributed by atoms with van der Waals surface area (Å²) in [6, 6.07) is 1.39. The van der Waals surface area contributed by atoms with Crippen LogP contribution < -0.4 is 4.74 Å². The number of methoxy groups -OCH3 is 1. The summed E-state index contributed by atoms with van der Waals surface area (Å²) in [5.74, 6) is -0.213. The molecule has 1 aromatic rings. The molecule has 0 spiro atoms. The van der Waals surface area contributed by atoms with Crippen LogP contribution in [0.5, 0.6) is 11.5 Å². The molecule has 3 rings (SSSR count). The number of phenolic OH excluding ortho intramolecular Hbond substituents is 1. The second-order valence-electron chi connectivity index (χ2n) is 6.82. The first-order valence-corrected chi connectivity index (χ1v) is 8.85. The van der Waals surface area contributed by atoms with Crippen molar-refractivity contribution < 1.29 is 44.2 Å². The van der Waals surface area contributed by atoms with E-state index in [-0.39, 0.29) is 31.3 Å². The van der Waals surface area contributed by atoms with Crippen molar-refractivity contribution in [2.75, 3.05) is 20.3 Å². The number of hydrogen-bond donors (Lipinski definition) is 4. The van der Waals surface area contributed by atoms with E-state index in [2.05, 4.69) is 0 Å². The Labute approximate surface area is 161 Å². The Balaban J connectivity index is 1.67. The largest absolute Gasteiger partial charge is 0.508 e. The molecule has 0 amide bonds. The molecule has 0 bridgehead atoms. The average molecular weight is 396 g/mol. The lowest BCUT2D eigenvalue weighted by molar-refractivity contribution is -0.267. The Hall–Kier alpha value is -2.17. The fourth-order valence-corrected chi connectivity index (χ4v) is 3.19. The number of carbonyl (C=O) groups is 1. The molecule has 4 N–H and O–H groups in total. The van der Waals surface area contributed by atoms with E-state index in [0.29, 0.717) is 23.1 Å². The Morgan fingerprint density at radius 1 is 1.32 bits per heavy atom. The summed E-state index contributed by atoms with van der Waals surface area (Å²) in [4.78, 5) is 11.9. The van der Waals surface area contributed by atoms with Crippen LogP contribution in [-0.4, -0.2) is 71.3 Å². The van der Waals surface area contributed by atoms with Gasteiger partial charge < -0.3 is 39.4 Å². The van der Waals surface area contributed by atoms with Gasteiger partial charge in [0.05, 0.1) is 20.3 Å². The third-order valence-electron chi connectivity index (χ3n) is 4.85. The zero-order chi connectivity index (χ0) is 20.4. The molecule has 2 aliphatic heterocycles. The minimum atomic E-state index is -1.35. The van der Waals surface area contributed by atoms with Crippen molar-refractivity contribution in [2.45, 2.75) is 44.6 Å². The summed E-state index contributed by atoms with van der Waals surface area (Å²) in [6.45, 7) is 1.84. The molecule has 0 saturated carbocycles. The summed E-state index contributed by atoms with van der Waals surface area (Å²) < 4.78 is 20.9. The number of fused-ring (bicyclic) bond motifs is 1. The fraction of sp³-hybridized carbons (Fsp3) is 0.526. The number of rotatable bonds is 6. The van der Waals surface area contributed by atoms with Gasteiger partial charge in [0.1, 0.15) is 42.0 Å². The normalized spacial score (nSPS) is 27.5. The molecule has 154 valence electrons. The van der Waals surface area contributed by atoms with Gasteiger partial charge in [-0.15, -0.1) is 0 Å². The predicted molar refractivity (Wildman–Crippen MR) is 95.0 cm³/mol. The number of carbonyl (C=O) groups excluding carboxylic acids is 1. The highest BCUT2D eigenvalue weighted by molar-refractivity contribution is 5.97. The molecule has 9 heteroatoms. The van der Waals surface area contributed by atoms with Crippen molar-refractivity contribution in [3.8, 4) is 11.5 Å². The number of benzene rings is 1. The minimum Gasteiger partial charge on any atom is -0.508 e. The highest BCUT2D eigenvalue weighted by atomic mass is 16.7. The molecule has 2 aliphatic rings. The summed E-state index contributed by atoms with van der Waals surface area (Å²) in [6.07, 6.45) is -2.75. The first-order chi connectivity index (χ1) is 13.3. The number of allylic oxidation sites excluding steroid dienone is 1. The Kier molecular flexibility index (Phi) is 6.21. The quantitative estimate of drug-likeness (QED) is 0.387. The second kappa shape index (κ2) is 8.46. The molecule has 4 unspecified atom stereocenters. The SMILES string of the molecule is COc1cc(O)c(CC=C(C)COC2OCC(O)C(O)C2O)c2c1C(=O)OC2. The first-order valence-electron chi connectivity index (χ1n) is 8.85. The topological polar surface area (TPSA) is 135 Å². The number of cyclic esters (lactones) is 1. The summed E-state index contributed by atoms with van der Waals surface area (Å²) in [5.41, 5.74) is 2.26. The number of ether oxygens (including phenoxy) is 4. The van der Waals surface area contributed by atoms with E-state index in [9.17, 15) is 25.2 Å². The van der Waals surface area contributed by atoms with Gasteiger partial charge in [-0.1, -0.05) is 11.6 Å². The number of aromatic hydroxyl groups is 1. The molecule has 2 heterocycles. The first kappa shape index (κ1) is 20.6. The van der Waals surface area contributed by atoms with Crippen LogP contribution in [0, 0.1) is 0 Å². The van der Waals surface area contributed by atoms with E-state index in [4.69, 9.17) is 18.9 Å². The van der Waals surface area contributed by atoms with Gasteiger partial charge in [0.2, 0.25) is 0 Å². The molecule has 4 atom stereocenters. The van der Waals surface area contributed by atoms with Gasteiger partial charge >= 0.3 is 5.97 Å². The monoisotopic (exact) mass is 396 g/mol. The summed E-state index contributed by atoms with van der Waals surface area (Å²) >= 11 is 0. The Morgan fingerprint density at radius 2 is 2.07 bits per heavy atom. The van der Waals surface area contributed by atoms with Gasteiger partial charge in [-0.3, -0.25) is 0 Å². The highest BCUT2D eigenvalue weighted by Gasteiger charge is 2.38. The molecular weight excluding hydrogens is 372 g/mol. The molecular formula is C19H24O9. The van der Waals surface area contributed by atoms with Gasteiger partial charge in [0.15, 0.2) is 6.29 Å². The number of aliphatic hydroxyl groups is 3. The molecule has 9 nitrogen and oxygen atoms in total. The van der Waals surface area contributed by atoms with E-state index in [1.165, 1.54) is 13.2 Å². The molecule has 0 aliphatic carbocycles. The van der Waals surface area contributed by atoms with Crippen LogP contribution in [0.3, 0.4) is 0 Å². The van der Waals surface area contributed by atoms with Gasteiger partial charge in [-0.25, -0.2) is 4.79 Å². The van der Waals surface area contributed by atoms with E-state index < -0.39 is 30.6 Å². The molecule has 1 aromatic carbocycles. The lowest BCUT2D eigenvalue weighted by Crippen LogP contribution is -2.53. The van der Waals surface area contributed by atoms with Gasteiger partial charge in [0.25, 0.3) is 0 Å². The molecule has 1 fully saturated rings. The van der Waals surface area contributed by atoms with Crippen LogP contribution >= 0.6 is 0 Å². The van der Waals surface area contributed by atoms with Gasteiger partial charge in [0, 0.05) is 17.2 Å². The lowest BCUT2D eigenvalue weighted by Gasteiger charge is -2.34. The van der Waals surface area contributed by atoms with E-state index >= 15 is 0 Å². The van der Waals surface area contributed by atoms with Crippen molar-refractivity contribution in [2.24, 2.45) is 0 Å². The third kappa shape index (κ3) is 3.98.